The maximum absolute atomic E-state index is 12.2. The van der Waals surface area contributed by atoms with Gasteiger partial charge >= 0.3 is 0 Å². The lowest BCUT2D eigenvalue weighted by Gasteiger charge is -2.14. The molecule has 0 saturated carbocycles. The van der Waals surface area contributed by atoms with Gasteiger partial charge in [0.25, 0.3) is 11.6 Å². The summed E-state index contributed by atoms with van der Waals surface area (Å²) in [6.07, 6.45) is 2.65. The number of non-ortho nitro benzene ring substituents is 1. The molecule has 0 spiro atoms. The number of thioether (sulfide) groups is 1. The number of benzene rings is 1. The third kappa shape index (κ3) is 5.12. The van der Waals surface area contributed by atoms with E-state index in [1.54, 1.807) is 6.08 Å². The fourth-order valence-corrected chi connectivity index (χ4v) is 3.51. The van der Waals surface area contributed by atoms with E-state index < -0.39 is 16.8 Å². The Labute approximate surface area is 157 Å². The largest absolute Gasteiger partial charge is 0.550 e. The zero-order chi connectivity index (χ0) is 18.6. The van der Waals surface area contributed by atoms with Crippen molar-refractivity contribution in [3.05, 3.63) is 56.0 Å². The molecule has 0 aromatic heterocycles. The number of rotatable bonds is 6. The molecule has 1 fully saturated rings. The summed E-state index contributed by atoms with van der Waals surface area (Å²) in [5.74, 6) is -1.69. The second-order valence-electron chi connectivity index (χ2n) is 4.83. The molecule has 10 heteroatoms. The van der Waals surface area contributed by atoms with Gasteiger partial charge in [-0.2, -0.15) is 0 Å². The van der Waals surface area contributed by atoms with Crippen LogP contribution in [0.4, 0.5) is 5.69 Å². The summed E-state index contributed by atoms with van der Waals surface area (Å²) in [6.45, 7) is -0.0615. The van der Waals surface area contributed by atoms with Crippen LogP contribution in [0.5, 0.6) is 0 Å². The first-order valence-electron chi connectivity index (χ1n) is 6.85. The normalized spacial score (nSPS) is 16.6. The Morgan fingerprint density at radius 1 is 1.36 bits per heavy atom. The predicted molar refractivity (Wildman–Crippen MR) is 96.5 cm³/mol. The first-order valence-corrected chi connectivity index (χ1v) is 8.45. The van der Waals surface area contributed by atoms with E-state index >= 15 is 0 Å². The van der Waals surface area contributed by atoms with Crippen LogP contribution in [0, 0.1) is 10.1 Å². The predicted octanol–water partition coefficient (Wildman–Crippen LogP) is 2.06. The number of hydrogen-bond acceptors (Lipinski definition) is 7. The lowest BCUT2D eigenvalue weighted by molar-refractivity contribution is -0.384. The van der Waals surface area contributed by atoms with Crippen LogP contribution in [-0.2, 0) is 9.59 Å². The van der Waals surface area contributed by atoms with E-state index in [1.165, 1.54) is 35.2 Å². The maximum Gasteiger partial charge on any atom is 0.269 e. The first-order chi connectivity index (χ1) is 11.8. The first kappa shape index (κ1) is 19.1. The van der Waals surface area contributed by atoms with Crippen molar-refractivity contribution in [3.63, 3.8) is 0 Å². The topological polar surface area (TPSA) is 104 Å². The number of hydrogen-bond donors (Lipinski definition) is 0. The zero-order valence-electron chi connectivity index (χ0n) is 12.5. The number of nitro benzene ring substituents is 1. The molecule has 1 aromatic carbocycles. The third-order valence-electron chi connectivity index (χ3n) is 3.09. The number of carboxylic acid groups (broad SMARTS) is 1. The molecular formula is C15H10ClN2O5S2-. The van der Waals surface area contributed by atoms with Crippen molar-refractivity contribution in [1.82, 2.24) is 4.90 Å². The van der Waals surface area contributed by atoms with E-state index in [1.807, 2.05) is 0 Å². The number of carboxylic acids is 1. The molecule has 130 valence electrons. The molecule has 7 nitrogen and oxygen atoms in total. The molecule has 1 aliphatic rings. The third-order valence-corrected chi connectivity index (χ3v) is 4.69. The van der Waals surface area contributed by atoms with Gasteiger partial charge in [-0.25, -0.2) is 0 Å². The molecule has 0 unspecified atom stereocenters. The van der Waals surface area contributed by atoms with Gasteiger partial charge in [0.1, 0.15) is 4.32 Å². The number of nitrogens with zero attached hydrogens (tertiary/aromatic N) is 2. The summed E-state index contributed by atoms with van der Waals surface area (Å²) in [5, 5.41) is 21.4. The van der Waals surface area contributed by atoms with E-state index in [9.17, 15) is 24.8 Å². The van der Waals surface area contributed by atoms with E-state index in [2.05, 4.69) is 0 Å². The Balaban J connectivity index is 2.13. The number of thiocarbonyl (C=S) groups is 1. The average molecular weight is 398 g/mol. The molecule has 0 N–H and O–H groups in total. The van der Waals surface area contributed by atoms with Gasteiger partial charge in [-0.15, -0.1) is 0 Å². The van der Waals surface area contributed by atoms with Crippen LogP contribution in [0.15, 0.2) is 40.3 Å². The summed E-state index contributed by atoms with van der Waals surface area (Å²) in [4.78, 5) is 34.3. The Hall–Kier alpha value is -2.23. The van der Waals surface area contributed by atoms with Gasteiger partial charge in [-0.3, -0.25) is 19.8 Å². The van der Waals surface area contributed by atoms with E-state index in [4.69, 9.17) is 23.8 Å². The fourth-order valence-electron chi connectivity index (χ4n) is 1.91. The summed E-state index contributed by atoms with van der Waals surface area (Å²) in [7, 11) is 0. The van der Waals surface area contributed by atoms with E-state index in [-0.39, 0.29) is 32.9 Å². The number of amides is 1. The van der Waals surface area contributed by atoms with E-state index in [0.717, 1.165) is 11.8 Å². The fraction of sp³-hybridized carbons (Fsp3) is 0.133. The molecule has 1 aliphatic heterocycles. The van der Waals surface area contributed by atoms with Gasteiger partial charge in [0.05, 0.1) is 9.83 Å². The molecular weight excluding hydrogens is 388 g/mol. The van der Waals surface area contributed by atoms with Gasteiger partial charge < -0.3 is 9.90 Å². The minimum absolute atomic E-state index is 0.0398. The summed E-state index contributed by atoms with van der Waals surface area (Å²) in [6, 6.07) is 5.74. The second kappa shape index (κ2) is 8.24. The Bertz CT molecular complexity index is 805. The molecule has 0 atom stereocenters. The molecule has 1 amide bonds. The second-order valence-corrected chi connectivity index (χ2v) is 6.95. The van der Waals surface area contributed by atoms with Gasteiger partial charge in [-0.1, -0.05) is 35.6 Å². The van der Waals surface area contributed by atoms with Crippen molar-refractivity contribution in [2.75, 3.05) is 6.54 Å². The lowest BCUT2D eigenvalue weighted by atomic mass is 10.2. The van der Waals surface area contributed by atoms with Gasteiger partial charge in [-0.05, 0) is 29.8 Å². The molecule has 1 saturated heterocycles. The highest BCUT2D eigenvalue weighted by atomic mass is 35.5. The van der Waals surface area contributed by atoms with Gasteiger partial charge in [0, 0.05) is 36.1 Å². The molecule has 0 bridgehead atoms. The quantitative estimate of drug-likeness (QED) is 0.313. The highest BCUT2D eigenvalue weighted by molar-refractivity contribution is 8.26. The SMILES string of the molecule is O=C([O-])CCN1C(=O)/C(=C/C(Cl)=C/c2ccc([N+](=O)[O-])cc2)SC1=S. The molecule has 0 aliphatic carbocycles. The van der Waals surface area contributed by atoms with Crippen molar-refractivity contribution in [3.8, 4) is 0 Å². The minimum Gasteiger partial charge on any atom is -0.550 e. The number of halogens is 1. The Morgan fingerprint density at radius 3 is 2.56 bits per heavy atom. The van der Waals surface area contributed by atoms with Crippen LogP contribution >= 0.6 is 35.6 Å². The number of allylic oxidation sites excluding steroid dienone is 2. The van der Waals surface area contributed by atoms with Gasteiger partial charge in [0.2, 0.25) is 0 Å². The highest BCUT2D eigenvalue weighted by Crippen LogP contribution is 2.32. The Morgan fingerprint density at radius 2 is 2.00 bits per heavy atom. The molecule has 25 heavy (non-hydrogen) atoms. The summed E-state index contributed by atoms with van der Waals surface area (Å²) < 4.78 is 0.248. The van der Waals surface area contributed by atoms with Crippen LogP contribution < -0.4 is 5.11 Å². The summed E-state index contributed by atoms with van der Waals surface area (Å²) >= 11 is 12.2. The Kier molecular flexibility index (Phi) is 6.29. The zero-order valence-corrected chi connectivity index (χ0v) is 14.9. The van der Waals surface area contributed by atoms with Crippen LogP contribution in [0.25, 0.3) is 6.08 Å². The molecule has 2 rings (SSSR count). The van der Waals surface area contributed by atoms with Crippen molar-refractivity contribution < 1.29 is 19.6 Å². The highest BCUT2D eigenvalue weighted by Gasteiger charge is 2.31. The molecule has 0 radical (unpaired) electrons. The van der Waals surface area contributed by atoms with E-state index in [0.29, 0.717) is 5.56 Å². The number of carbonyl (C=O) groups is 2. The monoisotopic (exact) mass is 397 g/mol. The minimum atomic E-state index is -1.27. The maximum atomic E-state index is 12.2. The van der Waals surface area contributed by atoms with Crippen molar-refractivity contribution in [2.24, 2.45) is 0 Å². The van der Waals surface area contributed by atoms with Crippen LogP contribution in [-0.4, -0.2) is 32.6 Å². The summed E-state index contributed by atoms with van der Waals surface area (Å²) in [5.41, 5.74) is 0.585. The van der Waals surface area contributed by atoms with Crippen LogP contribution in [0.1, 0.15) is 12.0 Å². The number of aliphatic carboxylic acids is 1. The lowest BCUT2D eigenvalue weighted by Crippen LogP contribution is -2.33. The van der Waals surface area contributed by atoms with Crippen LogP contribution in [0.2, 0.25) is 0 Å². The smallest absolute Gasteiger partial charge is 0.269 e. The van der Waals surface area contributed by atoms with Gasteiger partial charge in [0.15, 0.2) is 0 Å². The standard InChI is InChI=1S/C15H11ClN2O5S2/c16-10(7-9-1-3-11(4-2-9)18(22)23)8-12-14(21)17(15(24)25-12)6-5-13(19)20/h1-4,7-8H,5-6H2,(H,19,20)/p-1/b10-7-,12-8-. The van der Waals surface area contributed by atoms with Crippen molar-refractivity contribution >= 4 is 63.5 Å². The van der Waals surface area contributed by atoms with Crippen molar-refractivity contribution in [1.29, 1.82) is 0 Å². The van der Waals surface area contributed by atoms with Crippen molar-refractivity contribution in [2.45, 2.75) is 6.42 Å². The average Bonchev–Trinajstić information content (AvgIpc) is 2.79. The van der Waals surface area contributed by atoms with Crippen LogP contribution in [0.3, 0.4) is 0 Å². The number of nitro groups is 1. The molecule has 1 heterocycles. The number of carbonyl (C=O) groups excluding carboxylic acids is 2. The molecule has 1 aromatic rings.